The van der Waals surface area contributed by atoms with Crippen molar-refractivity contribution >= 4 is 6.09 Å². The van der Waals surface area contributed by atoms with E-state index in [1.165, 1.54) is 0 Å². The van der Waals surface area contributed by atoms with Crippen molar-refractivity contribution in [2.75, 3.05) is 13.1 Å². The van der Waals surface area contributed by atoms with Crippen molar-refractivity contribution in [3.05, 3.63) is 18.0 Å². The van der Waals surface area contributed by atoms with Crippen LogP contribution in [0.3, 0.4) is 0 Å². The fraction of sp³-hybridized carbons (Fsp3) is 0.733. The third kappa shape index (κ3) is 4.46. The van der Waals surface area contributed by atoms with E-state index >= 15 is 0 Å². The van der Waals surface area contributed by atoms with Crippen molar-refractivity contribution in [3.63, 3.8) is 0 Å². The molecule has 118 valence electrons. The Morgan fingerprint density at radius 2 is 2.19 bits per heavy atom. The molecule has 1 saturated heterocycles. The van der Waals surface area contributed by atoms with Crippen molar-refractivity contribution in [2.24, 2.45) is 7.05 Å². The number of hydrogen-bond acceptors (Lipinski definition) is 4. The average molecular weight is 295 g/mol. The first-order valence-corrected chi connectivity index (χ1v) is 7.26. The van der Waals surface area contributed by atoms with Crippen LogP contribution < -0.4 is 0 Å². The average Bonchev–Trinajstić information content (AvgIpc) is 2.92. The molecular weight excluding hydrogens is 270 g/mol. The summed E-state index contributed by atoms with van der Waals surface area (Å²) < 4.78 is 13.1. The largest absolute Gasteiger partial charge is 0.444 e. The van der Waals surface area contributed by atoms with Crippen LogP contribution in [0.15, 0.2) is 12.4 Å². The van der Waals surface area contributed by atoms with Gasteiger partial charge in [0.1, 0.15) is 5.60 Å². The molecular formula is C15H25N3O3. The van der Waals surface area contributed by atoms with E-state index in [4.69, 9.17) is 9.47 Å². The van der Waals surface area contributed by atoms with E-state index in [-0.39, 0.29) is 11.7 Å². The van der Waals surface area contributed by atoms with Gasteiger partial charge in [-0.25, -0.2) is 4.79 Å². The van der Waals surface area contributed by atoms with Gasteiger partial charge in [-0.3, -0.25) is 4.68 Å². The predicted octanol–water partition coefficient (Wildman–Crippen LogP) is 2.34. The van der Waals surface area contributed by atoms with E-state index < -0.39 is 5.60 Å². The van der Waals surface area contributed by atoms with Crippen LogP contribution in [0.1, 0.15) is 39.7 Å². The summed E-state index contributed by atoms with van der Waals surface area (Å²) in [5.41, 5.74) is 0.244. The van der Waals surface area contributed by atoms with Crippen LogP contribution in [0.4, 0.5) is 4.79 Å². The molecule has 1 aliphatic heterocycles. The van der Waals surface area contributed by atoms with Crippen LogP contribution in [0.25, 0.3) is 0 Å². The molecule has 0 bridgehead atoms. The smallest absolute Gasteiger partial charge is 0.410 e. The van der Waals surface area contributed by atoms with E-state index in [1.807, 2.05) is 40.9 Å². The minimum absolute atomic E-state index is 0.267. The first-order valence-electron chi connectivity index (χ1n) is 7.26. The summed E-state index contributed by atoms with van der Waals surface area (Å²) in [5.74, 6) is 0. The standard InChI is InChI=1S/C15H25N3O3/c1-14(2,3)21-13(19)18-7-6-15(4,11-18)20-10-12-8-16-17(5)9-12/h8-9H,6-7,10-11H2,1-5H3. The van der Waals surface area contributed by atoms with Gasteiger partial charge in [0.25, 0.3) is 0 Å². The predicted molar refractivity (Wildman–Crippen MR) is 78.8 cm³/mol. The number of carbonyl (C=O) groups excluding carboxylic acids is 1. The normalized spacial score (nSPS) is 22.6. The second-order valence-corrected chi connectivity index (χ2v) is 6.91. The molecule has 2 rings (SSSR count). The molecule has 1 amide bonds. The molecule has 1 aromatic rings. The summed E-state index contributed by atoms with van der Waals surface area (Å²) in [6.07, 6.45) is 4.27. The minimum atomic E-state index is -0.466. The topological polar surface area (TPSA) is 56.6 Å². The number of carbonyl (C=O) groups is 1. The van der Waals surface area contributed by atoms with Gasteiger partial charge in [0.05, 0.1) is 24.9 Å². The zero-order chi connectivity index (χ0) is 15.7. The molecule has 21 heavy (non-hydrogen) atoms. The number of hydrogen-bond donors (Lipinski definition) is 0. The van der Waals surface area contributed by atoms with E-state index in [0.29, 0.717) is 19.7 Å². The summed E-state index contributed by atoms with van der Waals surface area (Å²) in [5, 5.41) is 4.12. The van der Waals surface area contributed by atoms with Gasteiger partial charge >= 0.3 is 6.09 Å². The zero-order valence-electron chi connectivity index (χ0n) is 13.5. The Bertz CT molecular complexity index is 507. The maximum Gasteiger partial charge on any atom is 0.410 e. The van der Waals surface area contributed by atoms with Crippen molar-refractivity contribution in [3.8, 4) is 0 Å². The number of amides is 1. The molecule has 0 N–H and O–H groups in total. The monoisotopic (exact) mass is 295 g/mol. The third-order valence-corrected chi connectivity index (χ3v) is 3.43. The Morgan fingerprint density at radius 3 is 2.76 bits per heavy atom. The van der Waals surface area contributed by atoms with Crippen molar-refractivity contribution < 1.29 is 14.3 Å². The summed E-state index contributed by atoms with van der Waals surface area (Å²) in [6.45, 7) is 9.39. The van der Waals surface area contributed by atoms with Crippen LogP contribution in [0, 0.1) is 0 Å². The molecule has 2 heterocycles. The fourth-order valence-corrected chi connectivity index (χ4v) is 2.34. The number of rotatable bonds is 3. The molecule has 6 heteroatoms. The quantitative estimate of drug-likeness (QED) is 0.859. The minimum Gasteiger partial charge on any atom is -0.444 e. The Morgan fingerprint density at radius 1 is 1.48 bits per heavy atom. The van der Waals surface area contributed by atoms with Crippen LogP contribution >= 0.6 is 0 Å². The first-order chi connectivity index (χ1) is 9.67. The van der Waals surface area contributed by atoms with Gasteiger partial charge in [-0.15, -0.1) is 0 Å². The highest BCUT2D eigenvalue weighted by Crippen LogP contribution is 2.27. The molecule has 0 spiro atoms. The van der Waals surface area contributed by atoms with Gasteiger partial charge < -0.3 is 14.4 Å². The van der Waals surface area contributed by atoms with Gasteiger partial charge in [0.2, 0.25) is 0 Å². The lowest BCUT2D eigenvalue weighted by Crippen LogP contribution is -2.39. The molecule has 0 aromatic carbocycles. The molecule has 1 atom stereocenters. The van der Waals surface area contributed by atoms with E-state index in [2.05, 4.69) is 5.10 Å². The van der Waals surface area contributed by atoms with Gasteiger partial charge in [0, 0.05) is 25.4 Å². The summed E-state index contributed by atoms with van der Waals surface area (Å²) >= 11 is 0. The summed E-state index contributed by atoms with van der Waals surface area (Å²) in [7, 11) is 1.88. The van der Waals surface area contributed by atoms with Gasteiger partial charge in [0.15, 0.2) is 0 Å². The maximum absolute atomic E-state index is 12.1. The lowest BCUT2D eigenvalue weighted by atomic mass is 10.1. The molecule has 1 aromatic heterocycles. The van der Waals surface area contributed by atoms with Crippen molar-refractivity contribution in [1.82, 2.24) is 14.7 Å². The highest BCUT2D eigenvalue weighted by atomic mass is 16.6. The second-order valence-electron chi connectivity index (χ2n) is 6.91. The van der Waals surface area contributed by atoms with Crippen LogP contribution in [0.2, 0.25) is 0 Å². The summed E-state index contributed by atoms with van der Waals surface area (Å²) in [4.78, 5) is 13.8. The highest BCUT2D eigenvalue weighted by Gasteiger charge is 2.38. The summed E-state index contributed by atoms with van der Waals surface area (Å²) in [6, 6.07) is 0. The van der Waals surface area contributed by atoms with E-state index in [1.54, 1.807) is 15.8 Å². The molecule has 6 nitrogen and oxygen atoms in total. The fourth-order valence-electron chi connectivity index (χ4n) is 2.34. The van der Waals surface area contributed by atoms with Crippen molar-refractivity contribution in [1.29, 1.82) is 0 Å². The Hall–Kier alpha value is -1.56. The third-order valence-electron chi connectivity index (χ3n) is 3.43. The van der Waals surface area contributed by atoms with E-state index in [9.17, 15) is 4.79 Å². The maximum atomic E-state index is 12.1. The number of likely N-dealkylation sites (tertiary alicyclic amines) is 1. The Labute approximate surface area is 126 Å². The number of nitrogens with zero attached hydrogens (tertiary/aromatic N) is 3. The number of ether oxygens (including phenoxy) is 2. The molecule has 0 radical (unpaired) electrons. The van der Waals surface area contributed by atoms with E-state index in [0.717, 1.165) is 12.0 Å². The van der Waals surface area contributed by atoms with Crippen LogP contribution in [-0.2, 0) is 23.1 Å². The SMILES string of the molecule is Cn1cc(COC2(C)CCN(C(=O)OC(C)(C)C)C2)cn1. The number of aromatic nitrogens is 2. The van der Waals surface area contributed by atoms with Gasteiger partial charge in [-0.2, -0.15) is 5.10 Å². The molecule has 1 fully saturated rings. The first kappa shape index (κ1) is 15.8. The number of aryl methyl sites for hydroxylation is 1. The lowest BCUT2D eigenvalue weighted by molar-refractivity contribution is -0.0374. The Balaban J connectivity index is 1.86. The Kier molecular flexibility index (Phi) is 4.27. The molecule has 1 unspecified atom stereocenters. The van der Waals surface area contributed by atoms with Crippen molar-refractivity contribution in [2.45, 2.75) is 51.9 Å². The van der Waals surface area contributed by atoms with Gasteiger partial charge in [-0.05, 0) is 34.1 Å². The zero-order valence-corrected chi connectivity index (χ0v) is 13.5. The van der Waals surface area contributed by atoms with Gasteiger partial charge in [-0.1, -0.05) is 0 Å². The highest BCUT2D eigenvalue weighted by molar-refractivity contribution is 5.68. The van der Waals surface area contributed by atoms with Crippen LogP contribution in [0.5, 0.6) is 0 Å². The lowest BCUT2D eigenvalue weighted by Gasteiger charge is -2.27. The second kappa shape index (κ2) is 5.67. The molecule has 1 aliphatic rings. The molecule has 0 aliphatic carbocycles. The molecule has 0 saturated carbocycles. The van der Waals surface area contributed by atoms with Crippen LogP contribution in [-0.4, -0.2) is 45.1 Å².